The van der Waals surface area contributed by atoms with E-state index in [0.717, 1.165) is 32.2 Å². The molecule has 0 saturated carbocycles. The van der Waals surface area contributed by atoms with Crippen LogP contribution in [-0.4, -0.2) is 55.5 Å². The number of carbonyl (C=O) groups excluding carboxylic acids is 2. The van der Waals surface area contributed by atoms with Gasteiger partial charge in [-0.05, 0) is 39.7 Å². The first-order valence-electron chi connectivity index (χ1n) is 7.10. The molecule has 110 valence electrons. The van der Waals surface area contributed by atoms with E-state index >= 15 is 0 Å². The Morgan fingerprint density at radius 3 is 2.79 bits per heavy atom. The summed E-state index contributed by atoms with van der Waals surface area (Å²) in [6.07, 6.45) is 3.82. The monoisotopic (exact) mass is 270 g/mol. The first kappa shape index (κ1) is 16.1. The van der Waals surface area contributed by atoms with Crippen molar-refractivity contribution in [3.05, 3.63) is 0 Å². The van der Waals surface area contributed by atoms with Crippen LogP contribution in [0.2, 0.25) is 0 Å². The second-order valence-corrected chi connectivity index (χ2v) is 5.17. The number of hydrogen-bond donors (Lipinski definition) is 1. The quantitative estimate of drug-likeness (QED) is 0.700. The number of hydrogen-bond acceptors (Lipinski definition) is 4. The predicted octanol–water partition coefficient (Wildman–Crippen LogP) is 0.971. The van der Waals surface area contributed by atoms with Crippen molar-refractivity contribution in [3.8, 4) is 0 Å². The van der Waals surface area contributed by atoms with Gasteiger partial charge in [0, 0.05) is 20.3 Å². The Labute approximate surface area is 115 Å². The summed E-state index contributed by atoms with van der Waals surface area (Å²) in [7, 11) is 1.65. The summed E-state index contributed by atoms with van der Waals surface area (Å²) in [6.45, 7) is 5.60. The van der Waals surface area contributed by atoms with Crippen LogP contribution < -0.4 is 5.32 Å². The van der Waals surface area contributed by atoms with Crippen LogP contribution >= 0.6 is 0 Å². The van der Waals surface area contributed by atoms with E-state index in [9.17, 15) is 9.59 Å². The maximum Gasteiger partial charge on any atom is 0.237 e. The summed E-state index contributed by atoms with van der Waals surface area (Å²) in [5, 5.41) is 2.90. The summed E-state index contributed by atoms with van der Waals surface area (Å²) < 4.78 is 4.94. The number of nitrogens with one attached hydrogen (secondary N) is 1. The van der Waals surface area contributed by atoms with Crippen LogP contribution in [0.5, 0.6) is 0 Å². The second-order valence-electron chi connectivity index (χ2n) is 5.17. The number of ketones is 1. The lowest BCUT2D eigenvalue weighted by Crippen LogP contribution is -2.54. The van der Waals surface area contributed by atoms with Crippen LogP contribution in [0, 0.1) is 0 Å². The van der Waals surface area contributed by atoms with Crippen LogP contribution in [0.1, 0.15) is 39.5 Å². The molecule has 0 aliphatic carbocycles. The third-order valence-electron chi connectivity index (χ3n) is 3.71. The molecule has 1 aliphatic rings. The molecule has 1 fully saturated rings. The standard InChI is InChI=1S/C14H26N2O3/c1-11(14(18)15-8-6-10-19-3)16-9-5-4-7-13(16)12(2)17/h11,13H,4-10H2,1-3H3,(H,15,18). The van der Waals surface area contributed by atoms with E-state index in [1.165, 1.54) is 0 Å². The zero-order valence-corrected chi connectivity index (χ0v) is 12.3. The van der Waals surface area contributed by atoms with Gasteiger partial charge in [-0.1, -0.05) is 6.42 Å². The normalized spacial score (nSPS) is 21.9. The molecule has 0 aromatic heterocycles. The topological polar surface area (TPSA) is 58.6 Å². The van der Waals surface area contributed by atoms with Crippen molar-refractivity contribution < 1.29 is 14.3 Å². The summed E-state index contributed by atoms with van der Waals surface area (Å²) >= 11 is 0. The van der Waals surface area contributed by atoms with Gasteiger partial charge < -0.3 is 10.1 Å². The van der Waals surface area contributed by atoms with Gasteiger partial charge in [0.25, 0.3) is 0 Å². The zero-order valence-electron chi connectivity index (χ0n) is 12.3. The number of amides is 1. The van der Waals surface area contributed by atoms with Crippen molar-refractivity contribution in [1.82, 2.24) is 10.2 Å². The summed E-state index contributed by atoms with van der Waals surface area (Å²) in [6, 6.07) is -0.328. The number of methoxy groups -OCH3 is 1. The molecule has 1 rings (SSSR count). The molecule has 1 N–H and O–H groups in total. The minimum Gasteiger partial charge on any atom is -0.385 e. The lowest BCUT2D eigenvalue weighted by molar-refractivity contribution is -0.131. The number of Topliss-reactive ketones (excluding diaryl/α,β-unsaturated/α-hetero) is 1. The highest BCUT2D eigenvalue weighted by atomic mass is 16.5. The van der Waals surface area contributed by atoms with E-state index in [4.69, 9.17) is 4.74 Å². The molecule has 1 aliphatic heterocycles. The van der Waals surface area contributed by atoms with E-state index in [1.807, 2.05) is 11.8 Å². The van der Waals surface area contributed by atoms with Crippen LogP contribution in [0.3, 0.4) is 0 Å². The molecule has 0 spiro atoms. The van der Waals surface area contributed by atoms with Gasteiger partial charge in [-0.25, -0.2) is 0 Å². The van der Waals surface area contributed by atoms with Crippen molar-refractivity contribution in [2.24, 2.45) is 0 Å². The number of piperidine rings is 1. The lowest BCUT2D eigenvalue weighted by Gasteiger charge is -2.37. The molecule has 2 atom stereocenters. The molecule has 2 unspecified atom stereocenters. The summed E-state index contributed by atoms with van der Waals surface area (Å²) in [5.74, 6) is 0.169. The smallest absolute Gasteiger partial charge is 0.237 e. The molecule has 0 radical (unpaired) electrons. The van der Waals surface area contributed by atoms with Crippen molar-refractivity contribution in [2.45, 2.75) is 51.6 Å². The van der Waals surface area contributed by atoms with E-state index < -0.39 is 0 Å². The van der Waals surface area contributed by atoms with Gasteiger partial charge in [-0.3, -0.25) is 14.5 Å². The number of rotatable bonds is 7. The van der Waals surface area contributed by atoms with Gasteiger partial charge in [0.1, 0.15) is 5.78 Å². The molecule has 0 bridgehead atoms. The van der Waals surface area contributed by atoms with Gasteiger partial charge in [0.05, 0.1) is 12.1 Å². The average Bonchev–Trinajstić information content (AvgIpc) is 2.42. The maximum absolute atomic E-state index is 12.1. The molecule has 0 aromatic carbocycles. The minimum absolute atomic E-state index is 0.00394. The van der Waals surface area contributed by atoms with Crippen LogP contribution in [0.15, 0.2) is 0 Å². The maximum atomic E-state index is 12.1. The Morgan fingerprint density at radius 1 is 1.42 bits per heavy atom. The van der Waals surface area contributed by atoms with E-state index in [2.05, 4.69) is 5.32 Å². The first-order chi connectivity index (χ1) is 9.07. The highest BCUT2D eigenvalue weighted by Crippen LogP contribution is 2.20. The van der Waals surface area contributed by atoms with Gasteiger partial charge in [0.15, 0.2) is 0 Å². The Bertz CT molecular complexity index is 307. The van der Waals surface area contributed by atoms with Crippen molar-refractivity contribution in [3.63, 3.8) is 0 Å². The second kappa shape index (κ2) is 8.27. The molecule has 1 heterocycles. The highest BCUT2D eigenvalue weighted by Gasteiger charge is 2.32. The SMILES string of the molecule is COCCCNC(=O)C(C)N1CCCCC1C(C)=O. The molecule has 0 aromatic rings. The number of likely N-dealkylation sites (tertiary alicyclic amines) is 1. The fourth-order valence-corrected chi connectivity index (χ4v) is 2.58. The third-order valence-corrected chi connectivity index (χ3v) is 3.71. The van der Waals surface area contributed by atoms with Crippen LogP contribution in [0.25, 0.3) is 0 Å². The fraction of sp³-hybridized carbons (Fsp3) is 0.857. The summed E-state index contributed by atoms with van der Waals surface area (Å²) in [4.78, 5) is 25.8. The Balaban J connectivity index is 2.46. The Morgan fingerprint density at radius 2 is 2.16 bits per heavy atom. The molecule has 1 saturated heterocycles. The first-order valence-corrected chi connectivity index (χ1v) is 7.10. The van der Waals surface area contributed by atoms with Crippen LogP contribution in [0.4, 0.5) is 0 Å². The lowest BCUT2D eigenvalue weighted by atomic mass is 9.97. The molecule has 5 nitrogen and oxygen atoms in total. The number of carbonyl (C=O) groups is 2. The molecule has 19 heavy (non-hydrogen) atoms. The molecular weight excluding hydrogens is 244 g/mol. The molecule has 1 amide bonds. The van der Waals surface area contributed by atoms with Gasteiger partial charge in [0.2, 0.25) is 5.91 Å². The molecule has 5 heteroatoms. The van der Waals surface area contributed by atoms with E-state index in [0.29, 0.717) is 13.2 Å². The van der Waals surface area contributed by atoms with E-state index in [1.54, 1.807) is 14.0 Å². The largest absolute Gasteiger partial charge is 0.385 e. The average molecular weight is 270 g/mol. The number of nitrogens with zero attached hydrogens (tertiary/aromatic N) is 1. The van der Waals surface area contributed by atoms with Gasteiger partial charge >= 0.3 is 0 Å². The zero-order chi connectivity index (χ0) is 14.3. The van der Waals surface area contributed by atoms with Crippen molar-refractivity contribution in [2.75, 3.05) is 26.8 Å². The van der Waals surface area contributed by atoms with Gasteiger partial charge in [-0.15, -0.1) is 0 Å². The summed E-state index contributed by atoms with van der Waals surface area (Å²) in [5.41, 5.74) is 0. The Hall–Kier alpha value is -0.940. The fourth-order valence-electron chi connectivity index (χ4n) is 2.58. The Kier molecular flexibility index (Phi) is 7.02. The van der Waals surface area contributed by atoms with Gasteiger partial charge in [-0.2, -0.15) is 0 Å². The highest BCUT2D eigenvalue weighted by molar-refractivity contribution is 5.85. The third kappa shape index (κ3) is 4.91. The number of ether oxygens (including phenoxy) is 1. The van der Waals surface area contributed by atoms with E-state index in [-0.39, 0.29) is 23.8 Å². The molecular formula is C14H26N2O3. The predicted molar refractivity (Wildman–Crippen MR) is 74.0 cm³/mol. The van der Waals surface area contributed by atoms with Crippen LogP contribution in [-0.2, 0) is 14.3 Å². The van der Waals surface area contributed by atoms with Crippen molar-refractivity contribution in [1.29, 1.82) is 0 Å². The van der Waals surface area contributed by atoms with Crippen molar-refractivity contribution >= 4 is 11.7 Å². The minimum atomic E-state index is -0.239.